The molecule has 0 unspecified atom stereocenters. The van der Waals surface area contributed by atoms with E-state index in [1.54, 1.807) is 0 Å². The number of nitrogens with two attached hydrogens (primary N) is 1. The van der Waals surface area contributed by atoms with Crippen LogP contribution in [0.1, 0.15) is 33.9 Å². The van der Waals surface area contributed by atoms with E-state index < -0.39 is 51.0 Å². The molecule has 0 bridgehead atoms. The highest BCUT2D eigenvalue weighted by Crippen LogP contribution is 2.40. The number of carbonyl (C=O) groups is 1. The van der Waals surface area contributed by atoms with Gasteiger partial charge in [-0.3, -0.25) is 13.8 Å². The van der Waals surface area contributed by atoms with Crippen LogP contribution in [-0.4, -0.2) is 49.3 Å². The maximum Gasteiger partial charge on any atom is 0.351 e. The number of anilines is 1. The number of nitrogens with zero attached hydrogens (tertiary/aromatic N) is 2. The van der Waals surface area contributed by atoms with Crippen LogP contribution in [0.2, 0.25) is 5.04 Å². The molecule has 2 N–H and O–H groups in total. The van der Waals surface area contributed by atoms with Crippen LogP contribution in [0.3, 0.4) is 0 Å². The topological polar surface area (TPSA) is 106 Å². The molecular weight excluding hydrogens is 505 g/mol. The summed E-state index contributed by atoms with van der Waals surface area (Å²) >= 11 is 0. The van der Waals surface area contributed by atoms with Crippen molar-refractivity contribution in [3.8, 4) is 0 Å². The standard InChI is InChI=1S/C28H34FN3O5Si/c1-19(33)36-25-22(17-29)23(37-26(25)32-16-15-24(30)31-27(32)34)18-35-38(28(2,3)4,20-11-7-5-8-12-20)21-13-9-6-10-14-21/h5-16,22-23,25-26H,17-18H2,1-4H3,(H2,30,31,34)/t22-,23-,25-,26-/m1/s1. The van der Waals surface area contributed by atoms with Gasteiger partial charge in [0.2, 0.25) is 0 Å². The Hall–Kier alpha value is -3.34. The molecule has 0 radical (unpaired) electrons. The molecule has 4 rings (SSSR count). The van der Waals surface area contributed by atoms with Gasteiger partial charge in [0.1, 0.15) is 5.82 Å². The van der Waals surface area contributed by atoms with E-state index in [-0.39, 0.29) is 17.5 Å². The third-order valence-corrected chi connectivity index (χ3v) is 12.0. The first-order valence-electron chi connectivity index (χ1n) is 12.6. The number of nitrogen functional groups attached to an aromatic ring is 1. The second-order valence-corrected chi connectivity index (χ2v) is 14.8. The molecule has 0 saturated carbocycles. The Balaban J connectivity index is 1.74. The average Bonchev–Trinajstić information content (AvgIpc) is 3.21. The number of benzene rings is 2. The SMILES string of the molecule is CC(=O)O[C@@H]1[C@H](CF)[C@@H](CO[Si](c2ccccc2)(c2ccccc2)C(C)(C)C)O[C@H]1n1ccc(N)nc1=O. The lowest BCUT2D eigenvalue weighted by molar-refractivity contribution is -0.154. The smallest absolute Gasteiger partial charge is 0.351 e. The number of carbonyl (C=O) groups excluding carboxylic acids is 1. The minimum atomic E-state index is -2.94. The lowest BCUT2D eigenvalue weighted by Gasteiger charge is -2.43. The molecule has 4 atom stereocenters. The number of alkyl halides is 1. The summed E-state index contributed by atoms with van der Waals surface area (Å²) < 4.78 is 34.4. The summed E-state index contributed by atoms with van der Waals surface area (Å²) in [4.78, 5) is 28.3. The van der Waals surface area contributed by atoms with Gasteiger partial charge in [-0.25, -0.2) is 4.79 Å². The van der Waals surface area contributed by atoms with E-state index in [2.05, 4.69) is 50.0 Å². The van der Waals surface area contributed by atoms with Crippen LogP contribution >= 0.6 is 0 Å². The normalized spacial score (nSPS) is 21.8. The van der Waals surface area contributed by atoms with Crippen LogP contribution < -0.4 is 21.8 Å². The van der Waals surface area contributed by atoms with Crippen LogP contribution in [0.15, 0.2) is 77.7 Å². The van der Waals surface area contributed by atoms with Gasteiger partial charge in [-0.15, -0.1) is 0 Å². The third-order valence-electron chi connectivity index (χ3n) is 6.98. The zero-order valence-corrected chi connectivity index (χ0v) is 23.0. The molecule has 1 saturated heterocycles. The molecule has 1 aliphatic rings. The van der Waals surface area contributed by atoms with Gasteiger partial charge in [0.15, 0.2) is 12.3 Å². The summed E-state index contributed by atoms with van der Waals surface area (Å²) in [5.41, 5.74) is 4.96. The Morgan fingerprint density at radius 2 is 1.66 bits per heavy atom. The lowest BCUT2D eigenvalue weighted by atomic mass is 10.00. The second kappa shape index (κ2) is 11.2. The van der Waals surface area contributed by atoms with Crippen molar-refractivity contribution in [2.75, 3.05) is 19.0 Å². The summed E-state index contributed by atoms with van der Waals surface area (Å²) in [5.74, 6) is -1.42. The Labute approximate surface area is 222 Å². The van der Waals surface area contributed by atoms with Crippen molar-refractivity contribution in [1.82, 2.24) is 9.55 Å². The molecule has 202 valence electrons. The molecule has 10 heteroatoms. The molecule has 3 aromatic rings. The number of halogens is 1. The Bertz CT molecular complexity index is 1260. The number of aromatic nitrogens is 2. The van der Waals surface area contributed by atoms with Crippen LogP contribution in [0.25, 0.3) is 0 Å². The molecule has 2 heterocycles. The number of ether oxygens (including phenoxy) is 2. The molecule has 8 nitrogen and oxygen atoms in total. The van der Waals surface area contributed by atoms with E-state index in [0.717, 1.165) is 10.4 Å². The van der Waals surface area contributed by atoms with Crippen molar-refractivity contribution in [2.24, 2.45) is 5.92 Å². The summed E-state index contributed by atoms with van der Waals surface area (Å²) in [6, 6.07) is 21.6. The van der Waals surface area contributed by atoms with E-state index in [4.69, 9.17) is 19.6 Å². The van der Waals surface area contributed by atoms with E-state index in [1.807, 2.05) is 36.4 Å². The monoisotopic (exact) mass is 539 g/mol. The van der Waals surface area contributed by atoms with Gasteiger partial charge in [-0.1, -0.05) is 81.4 Å². The summed E-state index contributed by atoms with van der Waals surface area (Å²) in [5, 5.41) is 1.84. The predicted molar refractivity (Wildman–Crippen MR) is 145 cm³/mol. The number of hydrogen-bond donors (Lipinski definition) is 1. The number of esters is 1. The van der Waals surface area contributed by atoms with Gasteiger partial charge in [0.05, 0.1) is 25.3 Å². The fourth-order valence-electron chi connectivity index (χ4n) is 5.28. The maximum absolute atomic E-state index is 14.6. The largest absolute Gasteiger partial charge is 0.457 e. The predicted octanol–water partition coefficient (Wildman–Crippen LogP) is 2.82. The zero-order chi connectivity index (χ0) is 27.5. The van der Waals surface area contributed by atoms with Gasteiger partial charge >= 0.3 is 11.7 Å². The molecule has 38 heavy (non-hydrogen) atoms. The van der Waals surface area contributed by atoms with Crippen molar-refractivity contribution in [1.29, 1.82) is 0 Å². The van der Waals surface area contributed by atoms with Crippen molar-refractivity contribution in [3.05, 3.63) is 83.4 Å². The highest BCUT2D eigenvalue weighted by molar-refractivity contribution is 6.99. The second-order valence-electron chi connectivity index (χ2n) is 10.5. The first-order valence-corrected chi connectivity index (χ1v) is 14.5. The van der Waals surface area contributed by atoms with Crippen molar-refractivity contribution in [2.45, 2.75) is 51.2 Å². The van der Waals surface area contributed by atoms with Crippen LogP contribution in [0.4, 0.5) is 10.2 Å². The molecule has 1 fully saturated rings. The Morgan fingerprint density at radius 1 is 1.08 bits per heavy atom. The highest BCUT2D eigenvalue weighted by atomic mass is 28.4. The molecule has 2 aromatic carbocycles. The molecule has 0 aliphatic carbocycles. The van der Waals surface area contributed by atoms with Gasteiger partial charge in [0.25, 0.3) is 8.32 Å². The Kier molecular flexibility index (Phi) is 8.15. The minimum absolute atomic E-state index is 0.0350. The quantitative estimate of drug-likeness (QED) is 0.347. The molecule has 1 aliphatic heterocycles. The van der Waals surface area contributed by atoms with E-state index in [0.29, 0.717) is 0 Å². The van der Waals surface area contributed by atoms with E-state index in [9.17, 15) is 14.0 Å². The number of hydrogen-bond acceptors (Lipinski definition) is 7. The fraction of sp³-hybridized carbons (Fsp3) is 0.393. The number of rotatable bonds is 8. The van der Waals surface area contributed by atoms with Crippen molar-refractivity contribution >= 4 is 30.5 Å². The molecular formula is C28H34FN3O5Si. The molecule has 1 aromatic heterocycles. The van der Waals surface area contributed by atoms with Crippen molar-refractivity contribution in [3.63, 3.8) is 0 Å². The van der Waals surface area contributed by atoms with Gasteiger partial charge in [-0.05, 0) is 21.5 Å². The van der Waals surface area contributed by atoms with E-state index >= 15 is 0 Å². The van der Waals surface area contributed by atoms with Gasteiger partial charge in [-0.2, -0.15) is 4.98 Å². The minimum Gasteiger partial charge on any atom is -0.457 e. The van der Waals surface area contributed by atoms with Crippen LogP contribution in [0.5, 0.6) is 0 Å². The molecule has 0 amide bonds. The molecule has 0 spiro atoms. The van der Waals surface area contributed by atoms with Crippen LogP contribution in [0, 0.1) is 5.92 Å². The summed E-state index contributed by atoms with van der Waals surface area (Å²) in [6.07, 6.45) is -1.51. The van der Waals surface area contributed by atoms with Gasteiger partial charge in [0, 0.05) is 13.1 Å². The van der Waals surface area contributed by atoms with Crippen molar-refractivity contribution < 1.29 is 23.1 Å². The average molecular weight is 540 g/mol. The first kappa shape index (κ1) is 27.7. The zero-order valence-electron chi connectivity index (χ0n) is 22.0. The maximum atomic E-state index is 14.6. The van der Waals surface area contributed by atoms with Crippen LogP contribution in [-0.2, 0) is 18.7 Å². The Morgan fingerprint density at radius 3 is 2.13 bits per heavy atom. The van der Waals surface area contributed by atoms with E-state index in [1.165, 1.54) is 23.8 Å². The first-order chi connectivity index (χ1) is 18.1. The fourth-order valence-corrected chi connectivity index (χ4v) is 9.85. The lowest BCUT2D eigenvalue weighted by Crippen LogP contribution is -2.67. The third kappa shape index (κ3) is 5.29. The van der Waals surface area contributed by atoms with Gasteiger partial charge < -0.3 is 19.6 Å². The summed E-state index contributed by atoms with van der Waals surface area (Å²) in [6.45, 7) is 6.87. The highest BCUT2D eigenvalue weighted by Gasteiger charge is 2.53. The summed E-state index contributed by atoms with van der Waals surface area (Å²) in [7, 11) is -2.94.